The second kappa shape index (κ2) is 3.74. The van der Waals surface area contributed by atoms with Gasteiger partial charge in [-0.1, -0.05) is 6.07 Å². The molecule has 0 bridgehead atoms. The zero-order valence-corrected chi connectivity index (χ0v) is 7.98. The van der Waals surface area contributed by atoms with Crippen LogP contribution in [0.1, 0.15) is 5.56 Å². The summed E-state index contributed by atoms with van der Waals surface area (Å²) < 4.78 is 1.07. The van der Waals surface area contributed by atoms with E-state index < -0.39 is 0 Å². The highest BCUT2D eigenvalue weighted by Crippen LogP contribution is 2.22. The van der Waals surface area contributed by atoms with E-state index in [1.165, 1.54) is 0 Å². The number of rotatable bonds is 2. The van der Waals surface area contributed by atoms with E-state index in [0.29, 0.717) is 6.54 Å². The zero-order chi connectivity index (χ0) is 8.27. The average molecular weight is 215 g/mol. The lowest BCUT2D eigenvalue weighted by molar-refractivity contribution is 1.07. The molecule has 1 aromatic carbocycles. The van der Waals surface area contributed by atoms with Crippen molar-refractivity contribution in [3.8, 4) is 0 Å². The fourth-order valence-corrected chi connectivity index (χ4v) is 1.34. The molecule has 0 aliphatic carbocycles. The Bertz CT molecular complexity index is 248. The molecule has 3 N–H and O–H groups in total. The first-order valence-corrected chi connectivity index (χ1v) is 4.23. The summed E-state index contributed by atoms with van der Waals surface area (Å²) in [5, 5.41) is 3.07. The molecular formula is C8H11BrN2. The number of halogens is 1. The molecule has 60 valence electrons. The van der Waals surface area contributed by atoms with Gasteiger partial charge in [0.15, 0.2) is 0 Å². The lowest BCUT2D eigenvalue weighted by Gasteiger charge is -2.04. The summed E-state index contributed by atoms with van der Waals surface area (Å²) in [6, 6.07) is 6.03. The Morgan fingerprint density at radius 3 is 2.82 bits per heavy atom. The van der Waals surface area contributed by atoms with Gasteiger partial charge in [-0.05, 0) is 33.6 Å². The van der Waals surface area contributed by atoms with Crippen LogP contribution in [0.15, 0.2) is 22.7 Å². The highest BCUT2D eigenvalue weighted by Gasteiger charge is 1.97. The standard InChI is InChI=1S/C8H11BrN2/c1-11-8-4-6(5-10)2-3-7(8)9/h2-4,11H,5,10H2,1H3. The molecular weight excluding hydrogens is 204 g/mol. The Morgan fingerprint density at radius 2 is 2.27 bits per heavy atom. The van der Waals surface area contributed by atoms with Gasteiger partial charge < -0.3 is 11.1 Å². The summed E-state index contributed by atoms with van der Waals surface area (Å²) in [4.78, 5) is 0. The molecule has 0 saturated carbocycles. The smallest absolute Gasteiger partial charge is 0.0485 e. The third-order valence-electron chi connectivity index (χ3n) is 1.54. The first-order chi connectivity index (χ1) is 5.27. The molecule has 0 aromatic heterocycles. The van der Waals surface area contributed by atoms with Gasteiger partial charge >= 0.3 is 0 Å². The fraction of sp³-hybridized carbons (Fsp3) is 0.250. The number of nitrogens with one attached hydrogen (secondary N) is 1. The van der Waals surface area contributed by atoms with E-state index in [1.807, 2.05) is 25.2 Å². The molecule has 0 aliphatic rings. The van der Waals surface area contributed by atoms with Crippen molar-refractivity contribution in [3.63, 3.8) is 0 Å². The Hall–Kier alpha value is -0.540. The predicted octanol–water partition coefficient (Wildman–Crippen LogP) is 1.95. The first-order valence-electron chi connectivity index (χ1n) is 3.44. The van der Waals surface area contributed by atoms with Crippen LogP contribution >= 0.6 is 15.9 Å². The fourth-order valence-electron chi connectivity index (χ4n) is 0.891. The highest BCUT2D eigenvalue weighted by molar-refractivity contribution is 9.10. The van der Waals surface area contributed by atoms with E-state index in [0.717, 1.165) is 15.7 Å². The Labute approximate surface area is 74.9 Å². The van der Waals surface area contributed by atoms with Crippen molar-refractivity contribution < 1.29 is 0 Å². The molecule has 0 fully saturated rings. The number of benzene rings is 1. The molecule has 0 amide bonds. The van der Waals surface area contributed by atoms with E-state index >= 15 is 0 Å². The minimum atomic E-state index is 0.585. The van der Waals surface area contributed by atoms with Gasteiger partial charge in [-0.3, -0.25) is 0 Å². The molecule has 11 heavy (non-hydrogen) atoms. The van der Waals surface area contributed by atoms with E-state index in [2.05, 4.69) is 21.2 Å². The summed E-state index contributed by atoms with van der Waals surface area (Å²) in [6.07, 6.45) is 0. The summed E-state index contributed by atoms with van der Waals surface area (Å²) >= 11 is 3.42. The van der Waals surface area contributed by atoms with E-state index in [-0.39, 0.29) is 0 Å². The third kappa shape index (κ3) is 1.94. The molecule has 0 heterocycles. The SMILES string of the molecule is CNc1cc(CN)ccc1Br. The van der Waals surface area contributed by atoms with Crippen molar-refractivity contribution >= 4 is 21.6 Å². The Morgan fingerprint density at radius 1 is 1.55 bits per heavy atom. The van der Waals surface area contributed by atoms with Crippen LogP contribution in [0.2, 0.25) is 0 Å². The summed E-state index contributed by atoms with van der Waals surface area (Å²) in [6.45, 7) is 0.585. The zero-order valence-electron chi connectivity index (χ0n) is 6.39. The first kappa shape index (κ1) is 8.56. The monoisotopic (exact) mass is 214 g/mol. The number of anilines is 1. The second-order valence-corrected chi connectivity index (χ2v) is 3.12. The van der Waals surface area contributed by atoms with Crippen LogP contribution in [0, 0.1) is 0 Å². The molecule has 0 unspecified atom stereocenters. The molecule has 1 rings (SSSR count). The van der Waals surface area contributed by atoms with Crippen molar-refractivity contribution in [1.29, 1.82) is 0 Å². The van der Waals surface area contributed by atoms with Gasteiger partial charge in [0.25, 0.3) is 0 Å². The van der Waals surface area contributed by atoms with Crippen LogP contribution in [0.3, 0.4) is 0 Å². The van der Waals surface area contributed by atoms with Crippen LogP contribution in [0.5, 0.6) is 0 Å². The van der Waals surface area contributed by atoms with Crippen LogP contribution in [0.25, 0.3) is 0 Å². The molecule has 0 atom stereocenters. The largest absolute Gasteiger partial charge is 0.387 e. The molecule has 1 aromatic rings. The predicted molar refractivity (Wildman–Crippen MR) is 51.6 cm³/mol. The minimum absolute atomic E-state index is 0.585. The van der Waals surface area contributed by atoms with Crippen molar-refractivity contribution in [2.45, 2.75) is 6.54 Å². The lowest BCUT2D eigenvalue weighted by atomic mass is 10.2. The molecule has 0 radical (unpaired) electrons. The summed E-state index contributed by atoms with van der Waals surface area (Å²) in [7, 11) is 1.89. The number of hydrogen-bond acceptors (Lipinski definition) is 2. The lowest BCUT2D eigenvalue weighted by Crippen LogP contribution is -1.97. The molecule has 2 nitrogen and oxygen atoms in total. The molecule has 3 heteroatoms. The Kier molecular flexibility index (Phi) is 2.91. The van der Waals surface area contributed by atoms with Crippen molar-refractivity contribution in [1.82, 2.24) is 0 Å². The van der Waals surface area contributed by atoms with E-state index in [9.17, 15) is 0 Å². The van der Waals surface area contributed by atoms with Crippen LogP contribution in [-0.2, 0) is 6.54 Å². The second-order valence-electron chi connectivity index (χ2n) is 2.27. The summed E-state index contributed by atoms with van der Waals surface area (Å²) in [5.41, 5.74) is 7.69. The van der Waals surface area contributed by atoms with Gasteiger partial charge in [0.05, 0.1) is 0 Å². The average Bonchev–Trinajstić information content (AvgIpc) is 2.05. The van der Waals surface area contributed by atoms with Gasteiger partial charge in [-0.25, -0.2) is 0 Å². The maximum absolute atomic E-state index is 5.48. The normalized spacial score (nSPS) is 9.73. The maximum atomic E-state index is 5.48. The van der Waals surface area contributed by atoms with Gasteiger partial charge in [0.1, 0.15) is 0 Å². The van der Waals surface area contributed by atoms with Crippen LogP contribution in [-0.4, -0.2) is 7.05 Å². The molecule has 0 spiro atoms. The van der Waals surface area contributed by atoms with Crippen molar-refractivity contribution in [2.75, 3.05) is 12.4 Å². The maximum Gasteiger partial charge on any atom is 0.0485 e. The number of hydrogen-bond donors (Lipinski definition) is 2. The van der Waals surface area contributed by atoms with Crippen molar-refractivity contribution in [3.05, 3.63) is 28.2 Å². The van der Waals surface area contributed by atoms with Gasteiger partial charge in [-0.15, -0.1) is 0 Å². The third-order valence-corrected chi connectivity index (χ3v) is 2.23. The van der Waals surface area contributed by atoms with E-state index in [1.54, 1.807) is 0 Å². The number of nitrogens with two attached hydrogens (primary N) is 1. The van der Waals surface area contributed by atoms with E-state index in [4.69, 9.17) is 5.73 Å². The minimum Gasteiger partial charge on any atom is -0.387 e. The summed E-state index contributed by atoms with van der Waals surface area (Å²) in [5.74, 6) is 0. The quantitative estimate of drug-likeness (QED) is 0.791. The van der Waals surface area contributed by atoms with Gasteiger partial charge in [0, 0.05) is 23.8 Å². The van der Waals surface area contributed by atoms with Crippen molar-refractivity contribution in [2.24, 2.45) is 5.73 Å². The topological polar surface area (TPSA) is 38.0 Å². The van der Waals surface area contributed by atoms with Crippen LogP contribution in [0.4, 0.5) is 5.69 Å². The Balaban J connectivity index is 3.02. The highest BCUT2D eigenvalue weighted by atomic mass is 79.9. The van der Waals surface area contributed by atoms with Gasteiger partial charge in [0.2, 0.25) is 0 Å². The van der Waals surface area contributed by atoms with Crippen LogP contribution < -0.4 is 11.1 Å². The molecule has 0 aliphatic heterocycles. The van der Waals surface area contributed by atoms with Gasteiger partial charge in [-0.2, -0.15) is 0 Å². The molecule has 0 saturated heterocycles.